The molecule has 0 unspecified atom stereocenters. The molecule has 0 aliphatic heterocycles. The van der Waals surface area contributed by atoms with Crippen LogP contribution in [-0.4, -0.2) is 11.8 Å². The van der Waals surface area contributed by atoms with Crippen molar-refractivity contribution in [1.82, 2.24) is 0 Å². The smallest absolute Gasteiger partial charge is 0.284 e. The first kappa shape index (κ1) is 13.7. The SMILES string of the molecule is Cc1ccc(C(N)=[NH+]OC(=O)c2ccc(F)cc2)cc1. The Kier molecular flexibility index (Phi) is 4.10. The maximum absolute atomic E-state index is 12.7. The van der Waals surface area contributed by atoms with Gasteiger partial charge in [0.25, 0.3) is 0 Å². The summed E-state index contributed by atoms with van der Waals surface area (Å²) in [5, 5.41) is 2.38. The zero-order valence-corrected chi connectivity index (χ0v) is 10.9. The normalized spacial score (nSPS) is 11.2. The van der Waals surface area contributed by atoms with E-state index in [9.17, 15) is 9.18 Å². The minimum absolute atomic E-state index is 0.223. The van der Waals surface area contributed by atoms with Gasteiger partial charge in [-0.1, -0.05) is 22.9 Å². The minimum Gasteiger partial charge on any atom is -0.284 e. The maximum Gasteiger partial charge on any atom is 0.387 e. The van der Waals surface area contributed by atoms with Crippen LogP contribution in [0, 0.1) is 12.7 Å². The van der Waals surface area contributed by atoms with Crippen molar-refractivity contribution < 1.29 is 19.2 Å². The zero-order chi connectivity index (χ0) is 14.5. The number of nitrogen functional groups attached to an aromatic ring is 1. The summed E-state index contributed by atoms with van der Waals surface area (Å²) in [5.41, 5.74) is 7.81. The summed E-state index contributed by atoms with van der Waals surface area (Å²) in [5.74, 6) is -0.833. The van der Waals surface area contributed by atoms with Crippen molar-refractivity contribution in [1.29, 1.82) is 0 Å². The van der Waals surface area contributed by atoms with Crippen molar-refractivity contribution in [3.63, 3.8) is 0 Å². The van der Waals surface area contributed by atoms with Gasteiger partial charge in [-0.2, -0.15) is 0 Å². The molecule has 0 fully saturated rings. The molecule has 0 aliphatic rings. The predicted molar refractivity (Wildman–Crippen MR) is 72.3 cm³/mol. The molecule has 0 bridgehead atoms. The average molecular weight is 273 g/mol. The highest BCUT2D eigenvalue weighted by Crippen LogP contribution is 2.03. The lowest BCUT2D eigenvalue weighted by atomic mass is 10.1. The molecule has 2 aromatic rings. The third-order valence-electron chi connectivity index (χ3n) is 2.70. The highest BCUT2D eigenvalue weighted by Gasteiger charge is 2.10. The molecule has 2 rings (SSSR count). The second kappa shape index (κ2) is 5.97. The Morgan fingerprint density at radius 2 is 1.60 bits per heavy atom. The number of halogens is 1. The Morgan fingerprint density at radius 3 is 2.20 bits per heavy atom. The molecule has 2 aromatic carbocycles. The van der Waals surface area contributed by atoms with E-state index in [-0.39, 0.29) is 11.4 Å². The van der Waals surface area contributed by atoms with Crippen LogP contribution in [0.2, 0.25) is 0 Å². The second-order valence-corrected chi connectivity index (χ2v) is 4.28. The van der Waals surface area contributed by atoms with Gasteiger partial charge in [-0.15, -0.1) is 0 Å². The summed E-state index contributed by atoms with van der Waals surface area (Å²) in [6.07, 6.45) is 0. The van der Waals surface area contributed by atoms with Crippen molar-refractivity contribution in [2.75, 3.05) is 0 Å². The van der Waals surface area contributed by atoms with E-state index in [0.29, 0.717) is 5.56 Å². The first-order valence-electron chi connectivity index (χ1n) is 5.98. The van der Waals surface area contributed by atoms with Gasteiger partial charge in [0.15, 0.2) is 0 Å². The number of hydrogen-bond acceptors (Lipinski definition) is 2. The van der Waals surface area contributed by atoms with E-state index in [0.717, 1.165) is 5.56 Å². The van der Waals surface area contributed by atoms with Gasteiger partial charge in [0, 0.05) is 0 Å². The molecule has 0 aromatic heterocycles. The van der Waals surface area contributed by atoms with Gasteiger partial charge >= 0.3 is 11.8 Å². The largest absolute Gasteiger partial charge is 0.387 e. The summed E-state index contributed by atoms with van der Waals surface area (Å²) in [7, 11) is 0. The maximum atomic E-state index is 12.7. The third kappa shape index (κ3) is 3.41. The van der Waals surface area contributed by atoms with Crippen LogP contribution in [0.5, 0.6) is 0 Å². The van der Waals surface area contributed by atoms with E-state index in [2.05, 4.69) is 5.16 Å². The fourth-order valence-electron chi connectivity index (χ4n) is 1.54. The Balaban J connectivity index is 2.06. The number of carbonyl (C=O) groups is 1. The molecule has 0 aliphatic carbocycles. The van der Waals surface area contributed by atoms with Crippen LogP contribution in [-0.2, 0) is 4.84 Å². The summed E-state index contributed by atoms with van der Waals surface area (Å²) in [4.78, 5) is 16.5. The molecule has 0 saturated heterocycles. The highest BCUT2D eigenvalue weighted by molar-refractivity contribution is 5.93. The fraction of sp³-hybridized carbons (Fsp3) is 0.0667. The lowest BCUT2D eigenvalue weighted by molar-refractivity contribution is -0.721. The minimum atomic E-state index is -0.639. The number of rotatable bonds is 3. The van der Waals surface area contributed by atoms with Crippen molar-refractivity contribution >= 4 is 11.8 Å². The summed E-state index contributed by atoms with van der Waals surface area (Å²) < 4.78 is 12.7. The van der Waals surface area contributed by atoms with Crippen LogP contribution in [0.4, 0.5) is 4.39 Å². The van der Waals surface area contributed by atoms with Gasteiger partial charge in [0.1, 0.15) is 5.82 Å². The lowest BCUT2D eigenvalue weighted by Gasteiger charge is -1.98. The number of amidine groups is 1. The Labute approximate surface area is 115 Å². The lowest BCUT2D eigenvalue weighted by Crippen LogP contribution is -2.75. The third-order valence-corrected chi connectivity index (χ3v) is 2.70. The van der Waals surface area contributed by atoms with Crippen LogP contribution in [0.15, 0.2) is 48.5 Å². The van der Waals surface area contributed by atoms with Crippen molar-refractivity contribution in [2.24, 2.45) is 5.73 Å². The van der Waals surface area contributed by atoms with Gasteiger partial charge in [-0.25, -0.2) is 9.18 Å². The predicted octanol–water partition coefficient (Wildman–Crippen LogP) is 0.692. The summed E-state index contributed by atoms with van der Waals surface area (Å²) in [6.45, 7) is 1.96. The van der Waals surface area contributed by atoms with Gasteiger partial charge in [-0.05, 0) is 43.3 Å². The molecule has 0 amide bonds. The van der Waals surface area contributed by atoms with Crippen molar-refractivity contribution in [3.8, 4) is 0 Å². The molecule has 4 nitrogen and oxygen atoms in total. The molecule has 0 atom stereocenters. The molecular weight excluding hydrogens is 259 g/mol. The topological polar surface area (TPSA) is 66.3 Å². The first-order valence-corrected chi connectivity index (χ1v) is 5.98. The molecule has 0 spiro atoms. The van der Waals surface area contributed by atoms with E-state index >= 15 is 0 Å². The zero-order valence-electron chi connectivity index (χ0n) is 10.9. The monoisotopic (exact) mass is 273 g/mol. The molecule has 0 heterocycles. The van der Waals surface area contributed by atoms with Gasteiger partial charge < -0.3 is 0 Å². The van der Waals surface area contributed by atoms with Crippen LogP contribution in [0.1, 0.15) is 21.5 Å². The number of carbonyl (C=O) groups excluding carboxylic acids is 1. The molecule has 20 heavy (non-hydrogen) atoms. The Morgan fingerprint density at radius 1 is 1.05 bits per heavy atom. The Bertz CT molecular complexity index is 634. The van der Waals surface area contributed by atoms with Crippen molar-refractivity contribution in [2.45, 2.75) is 6.92 Å². The number of nitrogens with one attached hydrogen (secondary N) is 1. The van der Waals surface area contributed by atoms with Gasteiger partial charge in [0.05, 0.1) is 11.1 Å². The van der Waals surface area contributed by atoms with Gasteiger partial charge in [0.2, 0.25) is 0 Å². The van der Waals surface area contributed by atoms with E-state index in [1.54, 1.807) is 0 Å². The number of nitrogens with two attached hydrogens (primary N) is 1. The second-order valence-electron chi connectivity index (χ2n) is 4.28. The molecular formula is C15H14FN2O2+. The number of aryl methyl sites for hydroxylation is 1. The quantitative estimate of drug-likeness (QED) is 0.374. The highest BCUT2D eigenvalue weighted by atomic mass is 19.1. The summed E-state index contributed by atoms with van der Waals surface area (Å²) >= 11 is 0. The van der Waals surface area contributed by atoms with E-state index in [1.165, 1.54) is 24.3 Å². The number of hydrogen-bond donors (Lipinski definition) is 2. The number of benzene rings is 2. The Hall–Kier alpha value is -2.69. The van der Waals surface area contributed by atoms with Crippen LogP contribution >= 0.6 is 0 Å². The molecule has 102 valence electrons. The molecule has 5 heteroatoms. The van der Waals surface area contributed by atoms with Crippen molar-refractivity contribution in [3.05, 3.63) is 71.0 Å². The van der Waals surface area contributed by atoms with E-state index < -0.39 is 11.8 Å². The fourth-order valence-corrected chi connectivity index (χ4v) is 1.54. The summed E-state index contributed by atoms with van der Waals surface area (Å²) in [6, 6.07) is 12.4. The molecule has 0 saturated carbocycles. The van der Waals surface area contributed by atoms with Crippen LogP contribution < -0.4 is 10.9 Å². The first-order chi connectivity index (χ1) is 9.56. The van der Waals surface area contributed by atoms with Crippen LogP contribution in [0.25, 0.3) is 0 Å². The van der Waals surface area contributed by atoms with E-state index in [1.807, 2.05) is 31.2 Å². The molecule has 3 N–H and O–H groups in total. The van der Waals surface area contributed by atoms with E-state index in [4.69, 9.17) is 10.6 Å². The average Bonchev–Trinajstić information content (AvgIpc) is 2.46. The molecule has 0 radical (unpaired) electrons. The van der Waals surface area contributed by atoms with Gasteiger partial charge in [-0.3, -0.25) is 10.6 Å². The van der Waals surface area contributed by atoms with Crippen LogP contribution in [0.3, 0.4) is 0 Å². The standard InChI is InChI=1S/C15H13FN2O2/c1-10-2-4-11(5-3-10)14(17)18-20-15(19)12-6-8-13(16)9-7-12/h2-9H,1H3,(H2,17,18)/p+1.